The molecule has 2 aromatic carbocycles. The number of sulfonamides is 1. The van der Waals surface area contributed by atoms with E-state index in [1.165, 1.54) is 0 Å². The highest BCUT2D eigenvalue weighted by atomic mass is 35.5. The monoisotopic (exact) mass is 646 g/mol. The van der Waals surface area contributed by atoms with E-state index >= 15 is 0 Å². The molecule has 2 heterocycles. The summed E-state index contributed by atoms with van der Waals surface area (Å²) >= 11 is 6.21. The summed E-state index contributed by atoms with van der Waals surface area (Å²) < 4.78 is 29.1. The number of carbonyl (C=O) groups is 2. The summed E-state index contributed by atoms with van der Waals surface area (Å²) in [6.07, 6.45) is 3.29. The molecule has 0 bridgehead atoms. The van der Waals surface area contributed by atoms with Gasteiger partial charge in [0.1, 0.15) is 0 Å². The van der Waals surface area contributed by atoms with Crippen LogP contribution in [0.25, 0.3) is 0 Å². The van der Waals surface area contributed by atoms with E-state index in [9.17, 15) is 18.0 Å². The van der Waals surface area contributed by atoms with E-state index in [4.69, 9.17) is 17.3 Å². The Hall–Kier alpha value is -2.54. The minimum atomic E-state index is -3.77. The molecule has 2 aromatic rings. The van der Waals surface area contributed by atoms with Gasteiger partial charge in [0.15, 0.2) is 0 Å². The first-order valence-corrected chi connectivity index (χ1v) is 17.6. The summed E-state index contributed by atoms with van der Waals surface area (Å²) in [5, 5.41) is 7.42. The number of nitrogens with one attached hydrogen (secondary N) is 3. The van der Waals surface area contributed by atoms with Crippen molar-refractivity contribution in [1.29, 1.82) is 0 Å². The van der Waals surface area contributed by atoms with Crippen molar-refractivity contribution in [1.82, 2.24) is 25.2 Å². The van der Waals surface area contributed by atoms with Crippen molar-refractivity contribution in [2.75, 3.05) is 33.2 Å². The number of benzene rings is 2. The van der Waals surface area contributed by atoms with Crippen molar-refractivity contribution in [2.24, 2.45) is 11.7 Å². The molecule has 44 heavy (non-hydrogen) atoms. The summed E-state index contributed by atoms with van der Waals surface area (Å²) in [6, 6.07) is 13.8. The number of hydrogen-bond donors (Lipinski definition) is 4. The Morgan fingerprint density at radius 3 is 2.55 bits per heavy atom. The van der Waals surface area contributed by atoms with Gasteiger partial charge in [-0.1, -0.05) is 48.0 Å². The van der Waals surface area contributed by atoms with Crippen molar-refractivity contribution < 1.29 is 18.0 Å². The predicted molar refractivity (Wildman–Crippen MR) is 174 cm³/mol. The van der Waals surface area contributed by atoms with Gasteiger partial charge in [0, 0.05) is 62.8 Å². The Kier molecular flexibility index (Phi) is 12.6. The second kappa shape index (κ2) is 16.1. The van der Waals surface area contributed by atoms with Gasteiger partial charge in [-0.15, -0.1) is 0 Å². The number of piperidine rings is 1. The molecule has 0 aliphatic carbocycles. The molecule has 12 heteroatoms. The molecule has 0 aromatic heterocycles. The van der Waals surface area contributed by atoms with E-state index in [1.807, 2.05) is 29.2 Å². The molecular formula is C32H47ClN6O4S. The molecule has 242 valence electrons. The zero-order valence-corrected chi connectivity index (χ0v) is 27.4. The average molecular weight is 647 g/mol. The van der Waals surface area contributed by atoms with Crippen molar-refractivity contribution >= 4 is 33.4 Å². The Morgan fingerprint density at radius 2 is 1.84 bits per heavy atom. The number of halogens is 1. The molecule has 2 fully saturated rings. The normalized spacial score (nSPS) is 19.1. The van der Waals surface area contributed by atoms with Crippen LogP contribution in [-0.4, -0.2) is 81.4 Å². The molecular weight excluding hydrogens is 600 g/mol. The fourth-order valence-corrected chi connectivity index (χ4v) is 7.93. The van der Waals surface area contributed by atoms with Crippen LogP contribution in [0.4, 0.5) is 0 Å². The van der Waals surface area contributed by atoms with Gasteiger partial charge in [-0.25, -0.2) is 13.1 Å². The van der Waals surface area contributed by atoms with Crippen LogP contribution in [0.1, 0.15) is 55.7 Å². The topological polar surface area (TPSA) is 137 Å². The first-order valence-electron chi connectivity index (χ1n) is 15.6. The first-order chi connectivity index (χ1) is 21.1. The van der Waals surface area contributed by atoms with Crippen molar-refractivity contribution in [3.8, 4) is 0 Å². The lowest BCUT2D eigenvalue weighted by Crippen LogP contribution is -2.52. The molecule has 4 rings (SSSR count). The van der Waals surface area contributed by atoms with Crippen LogP contribution in [0, 0.1) is 5.92 Å². The maximum atomic E-state index is 14.2. The number of hydrogen-bond acceptors (Lipinski definition) is 7. The Labute approximate surface area is 267 Å². The lowest BCUT2D eigenvalue weighted by molar-refractivity contribution is -0.143. The summed E-state index contributed by atoms with van der Waals surface area (Å²) in [5.41, 5.74) is 8.58. The van der Waals surface area contributed by atoms with E-state index in [2.05, 4.69) is 15.4 Å². The van der Waals surface area contributed by atoms with Crippen molar-refractivity contribution in [3.63, 3.8) is 0 Å². The van der Waals surface area contributed by atoms with Crippen molar-refractivity contribution in [3.05, 3.63) is 70.2 Å². The number of nitrogens with zero attached hydrogens (tertiary/aromatic N) is 2. The average Bonchev–Trinajstić information content (AvgIpc) is 3.48. The summed E-state index contributed by atoms with van der Waals surface area (Å²) in [4.78, 5) is 31.3. The van der Waals surface area contributed by atoms with Gasteiger partial charge in [-0.3, -0.25) is 9.59 Å². The molecule has 0 radical (unpaired) electrons. The van der Waals surface area contributed by atoms with Crippen LogP contribution in [0.15, 0.2) is 48.5 Å². The SMILES string of the molecule is CC(NS(=O)(=O)Cc1ccccc1)C(CC(=O)N(C)C1CCNCC1)C(=O)N1CCCC1CNCc1cc(Cl)ccc1CN. The van der Waals surface area contributed by atoms with Crippen LogP contribution in [0.3, 0.4) is 0 Å². The van der Waals surface area contributed by atoms with Crippen LogP contribution < -0.4 is 21.1 Å². The maximum Gasteiger partial charge on any atom is 0.228 e. The zero-order valence-electron chi connectivity index (χ0n) is 25.8. The summed E-state index contributed by atoms with van der Waals surface area (Å²) in [7, 11) is -1.98. The van der Waals surface area contributed by atoms with Gasteiger partial charge in [-0.05, 0) is 74.5 Å². The summed E-state index contributed by atoms with van der Waals surface area (Å²) in [6.45, 7) is 5.46. The highest BCUT2D eigenvalue weighted by molar-refractivity contribution is 7.88. The molecule has 2 aliphatic heterocycles. The van der Waals surface area contributed by atoms with Crippen LogP contribution in [-0.2, 0) is 38.5 Å². The van der Waals surface area contributed by atoms with Crippen LogP contribution >= 0.6 is 11.6 Å². The smallest absolute Gasteiger partial charge is 0.228 e. The molecule has 3 atom stereocenters. The number of rotatable bonds is 14. The second-order valence-corrected chi connectivity index (χ2v) is 14.2. The minimum Gasteiger partial charge on any atom is -0.343 e. The van der Waals surface area contributed by atoms with Gasteiger partial charge in [0.05, 0.1) is 11.7 Å². The molecule has 5 N–H and O–H groups in total. The number of carbonyl (C=O) groups excluding carboxylic acids is 2. The molecule has 2 saturated heterocycles. The Bertz CT molecular complexity index is 1360. The fraction of sp³-hybridized carbons (Fsp3) is 0.562. The van der Waals surface area contributed by atoms with Crippen LogP contribution in [0.2, 0.25) is 5.02 Å². The van der Waals surface area contributed by atoms with Gasteiger partial charge >= 0.3 is 0 Å². The zero-order chi connectivity index (χ0) is 31.7. The van der Waals surface area contributed by atoms with E-state index in [1.54, 1.807) is 43.1 Å². The molecule has 10 nitrogen and oxygen atoms in total. The quantitative estimate of drug-likeness (QED) is 0.248. The predicted octanol–water partition coefficient (Wildman–Crippen LogP) is 2.60. The third kappa shape index (κ3) is 9.48. The highest BCUT2D eigenvalue weighted by Crippen LogP contribution is 2.25. The lowest BCUT2D eigenvalue weighted by atomic mass is 9.94. The lowest BCUT2D eigenvalue weighted by Gasteiger charge is -2.35. The largest absolute Gasteiger partial charge is 0.343 e. The highest BCUT2D eigenvalue weighted by Gasteiger charge is 2.39. The third-order valence-corrected chi connectivity index (χ3v) is 10.6. The van der Waals surface area contributed by atoms with E-state index < -0.39 is 22.0 Å². The standard InChI is InChI=1S/C32H47ClN6O4S/c1-23(37-44(42,43)22-24-7-4-3-5-8-24)30(18-31(40)38(2)28-12-14-35-15-13-28)32(41)39-16-6-9-29(39)21-36-20-26-17-27(33)11-10-25(26)19-34/h3-5,7-8,10-11,17,23,28-30,35-37H,6,9,12-16,18-22,34H2,1-2H3. The number of likely N-dealkylation sites (tertiary alicyclic amines) is 1. The molecule has 2 aliphatic rings. The van der Waals surface area contributed by atoms with E-state index in [0.29, 0.717) is 36.8 Å². The van der Waals surface area contributed by atoms with Crippen molar-refractivity contribution in [2.45, 2.75) is 76.0 Å². The van der Waals surface area contributed by atoms with Gasteiger partial charge in [-0.2, -0.15) is 0 Å². The number of nitrogens with two attached hydrogens (primary N) is 1. The minimum absolute atomic E-state index is 0.0622. The van der Waals surface area contributed by atoms with Gasteiger partial charge in [0.25, 0.3) is 0 Å². The fourth-order valence-electron chi connectivity index (χ4n) is 6.29. The third-order valence-electron chi connectivity index (χ3n) is 8.87. The van der Waals surface area contributed by atoms with Crippen LogP contribution in [0.5, 0.6) is 0 Å². The van der Waals surface area contributed by atoms with E-state index in [0.717, 1.165) is 49.9 Å². The Morgan fingerprint density at radius 1 is 1.11 bits per heavy atom. The molecule has 0 spiro atoms. The van der Waals surface area contributed by atoms with E-state index in [-0.39, 0.29) is 36.1 Å². The molecule has 2 amide bonds. The maximum absolute atomic E-state index is 14.2. The number of amides is 2. The second-order valence-electron chi connectivity index (χ2n) is 12.0. The Balaban J connectivity index is 1.47. The van der Waals surface area contributed by atoms with Gasteiger partial charge < -0.3 is 26.2 Å². The molecule has 3 unspecified atom stereocenters. The first kappa shape index (κ1) is 34.3. The van der Waals surface area contributed by atoms with Gasteiger partial charge in [0.2, 0.25) is 21.8 Å². The molecule has 0 saturated carbocycles. The summed E-state index contributed by atoms with van der Waals surface area (Å²) in [5.74, 6) is -1.38.